The molecule has 1 fully saturated rings. The van der Waals surface area contributed by atoms with Crippen molar-refractivity contribution in [2.45, 2.75) is 45.3 Å². The summed E-state index contributed by atoms with van der Waals surface area (Å²) in [6, 6.07) is 7.88. The first-order valence-corrected chi connectivity index (χ1v) is 15.0. The van der Waals surface area contributed by atoms with Gasteiger partial charge in [-0.2, -0.15) is 9.97 Å². The van der Waals surface area contributed by atoms with Gasteiger partial charge in [0.15, 0.2) is 17.0 Å². The van der Waals surface area contributed by atoms with Crippen LogP contribution < -0.4 is 20.2 Å². The second-order valence-corrected chi connectivity index (χ2v) is 12.6. The van der Waals surface area contributed by atoms with Gasteiger partial charge < -0.3 is 29.2 Å². The summed E-state index contributed by atoms with van der Waals surface area (Å²) in [5.41, 5.74) is 6.87. The van der Waals surface area contributed by atoms with Crippen molar-refractivity contribution in [1.29, 1.82) is 0 Å². The number of anilines is 2. The zero-order valence-corrected chi connectivity index (χ0v) is 24.1. The van der Waals surface area contributed by atoms with Crippen LogP contribution in [0.3, 0.4) is 0 Å². The van der Waals surface area contributed by atoms with Gasteiger partial charge in [0, 0.05) is 26.4 Å². The lowest BCUT2D eigenvalue weighted by atomic mass is 10.1. The number of fused-ring (bicyclic) bond motifs is 1. The highest BCUT2D eigenvalue weighted by Gasteiger charge is 2.48. The molecule has 1 aromatic carbocycles. The molecule has 39 heavy (non-hydrogen) atoms. The summed E-state index contributed by atoms with van der Waals surface area (Å²) in [5.74, 6) is -2.00. The maximum Gasteiger partial charge on any atom is 0.323 e. The van der Waals surface area contributed by atoms with E-state index in [2.05, 4.69) is 20.0 Å². The molecule has 12 nitrogen and oxygen atoms in total. The molecule has 5 atom stereocenters. The van der Waals surface area contributed by atoms with Crippen LogP contribution in [0.5, 0.6) is 5.75 Å². The van der Waals surface area contributed by atoms with Crippen molar-refractivity contribution in [2.24, 2.45) is 5.92 Å². The van der Waals surface area contributed by atoms with Crippen molar-refractivity contribution < 1.29 is 27.7 Å². The molecule has 1 aliphatic heterocycles. The third-order valence-corrected chi connectivity index (χ3v) is 8.45. The van der Waals surface area contributed by atoms with Gasteiger partial charge in [-0.1, -0.05) is 25.1 Å². The van der Waals surface area contributed by atoms with E-state index >= 15 is 4.39 Å². The number of alkyl halides is 1. The van der Waals surface area contributed by atoms with Crippen LogP contribution in [0.25, 0.3) is 11.2 Å². The summed E-state index contributed by atoms with van der Waals surface area (Å²) >= 11 is 5.68. The highest BCUT2D eigenvalue weighted by molar-refractivity contribution is 8.09. The zero-order valence-electron chi connectivity index (χ0n) is 22.4. The van der Waals surface area contributed by atoms with E-state index in [4.69, 9.17) is 36.1 Å². The summed E-state index contributed by atoms with van der Waals surface area (Å²) in [6.07, 6.45) is 0.796. The molecule has 0 spiro atoms. The Morgan fingerprint density at radius 1 is 1.38 bits per heavy atom. The third kappa shape index (κ3) is 6.64. The minimum atomic E-state index is -3.43. The monoisotopic (exact) mass is 581 g/mol. The maximum atomic E-state index is 16.1. The average molecular weight is 582 g/mol. The molecule has 212 valence electrons. The molecule has 3 aromatic rings. The van der Waals surface area contributed by atoms with Crippen LogP contribution in [-0.2, 0) is 30.6 Å². The number of nitrogen functional groups attached to an aromatic ring is 1. The molecule has 1 saturated heterocycles. The molecule has 3 N–H and O–H groups in total. The van der Waals surface area contributed by atoms with Gasteiger partial charge in [0.05, 0.1) is 12.9 Å². The molecule has 3 heterocycles. The standard InChI is InChI=1S/C24H33FN7O5PS/c1-6-34-22(33)16(3)30-38(39,37-17-10-8-7-9-11-17)35-13-24(25)12-15(2)21(36-24)32-14-27-18-19(31(4)5)28-23(26)29-20(18)32/h7-11,14-16,21H,6,12-13H2,1-5H3,(H,30,39)(H2,26,28,29)/t15-,16-,21+,24-,38-/m0/s1. The normalized spacial score (nSPS) is 23.3. The first-order chi connectivity index (χ1) is 18.4. The van der Waals surface area contributed by atoms with Gasteiger partial charge in [0.25, 0.3) is 0 Å². The van der Waals surface area contributed by atoms with Crippen molar-refractivity contribution in [1.82, 2.24) is 24.6 Å². The quantitative estimate of drug-likeness (QED) is 0.253. The minimum absolute atomic E-state index is 0.00649. The maximum absolute atomic E-state index is 16.1. The minimum Gasteiger partial charge on any atom is -0.465 e. The van der Waals surface area contributed by atoms with Crippen LogP contribution in [0.4, 0.5) is 16.2 Å². The molecular weight excluding hydrogens is 548 g/mol. The Morgan fingerprint density at radius 2 is 2.10 bits per heavy atom. The topological polar surface area (TPSA) is 139 Å². The number of imidazole rings is 1. The summed E-state index contributed by atoms with van der Waals surface area (Å²) in [7, 11) is 3.63. The molecule has 0 amide bonds. The molecule has 0 radical (unpaired) electrons. The largest absolute Gasteiger partial charge is 0.465 e. The Labute approximate surface area is 231 Å². The summed E-state index contributed by atoms with van der Waals surface area (Å²) in [5, 5.41) is 2.90. The van der Waals surface area contributed by atoms with E-state index in [0.29, 0.717) is 22.7 Å². The predicted octanol–water partition coefficient (Wildman–Crippen LogP) is 3.56. The highest BCUT2D eigenvalue weighted by atomic mass is 32.5. The number of hydrogen-bond acceptors (Lipinski definition) is 11. The van der Waals surface area contributed by atoms with Crippen LogP contribution >= 0.6 is 6.64 Å². The van der Waals surface area contributed by atoms with Crippen LogP contribution in [0.15, 0.2) is 36.7 Å². The number of nitrogens with zero attached hydrogens (tertiary/aromatic N) is 5. The lowest BCUT2D eigenvalue weighted by molar-refractivity contribution is -0.172. The Kier molecular flexibility index (Phi) is 8.72. The molecule has 2 aromatic heterocycles. The number of ether oxygens (including phenoxy) is 2. The zero-order chi connectivity index (χ0) is 28.4. The summed E-state index contributed by atoms with van der Waals surface area (Å²) in [6.45, 7) is 1.36. The van der Waals surface area contributed by atoms with E-state index in [0.717, 1.165) is 0 Å². The van der Waals surface area contributed by atoms with Crippen molar-refractivity contribution in [3.05, 3.63) is 36.7 Å². The molecule has 0 bridgehead atoms. The summed E-state index contributed by atoms with van der Waals surface area (Å²) in [4.78, 5) is 27.0. The van der Waals surface area contributed by atoms with Gasteiger partial charge in [0.2, 0.25) is 11.8 Å². The SMILES string of the molecule is CCOC(=O)[C@H](C)N[P@](=S)(OC[C@]1(F)C[C@H](C)[C@H](n2cnc3c(N(C)C)nc(N)nc32)O1)Oc1ccccc1. The van der Waals surface area contributed by atoms with Crippen LogP contribution in [0.2, 0.25) is 0 Å². The number of para-hydroxylation sites is 1. The number of esters is 1. The number of carbonyl (C=O) groups excluding carboxylic acids is 1. The number of hydrogen-bond donors (Lipinski definition) is 2. The number of aromatic nitrogens is 4. The van der Waals surface area contributed by atoms with Gasteiger partial charge in [-0.05, 0) is 37.8 Å². The van der Waals surface area contributed by atoms with Gasteiger partial charge >= 0.3 is 12.6 Å². The first kappa shape index (κ1) is 29.1. The van der Waals surface area contributed by atoms with Gasteiger partial charge in [-0.15, -0.1) is 0 Å². The van der Waals surface area contributed by atoms with E-state index in [1.807, 2.05) is 27.1 Å². The van der Waals surface area contributed by atoms with E-state index in [-0.39, 0.29) is 24.9 Å². The number of benzene rings is 1. The Hall–Kier alpha value is -2.90. The van der Waals surface area contributed by atoms with Gasteiger partial charge in [0.1, 0.15) is 24.6 Å². The highest BCUT2D eigenvalue weighted by Crippen LogP contribution is 2.49. The van der Waals surface area contributed by atoms with Crippen molar-refractivity contribution in [2.75, 3.05) is 37.9 Å². The lowest BCUT2D eigenvalue weighted by Gasteiger charge is -2.29. The number of halogens is 1. The van der Waals surface area contributed by atoms with E-state index in [1.54, 1.807) is 47.6 Å². The molecule has 0 saturated carbocycles. The third-order valence-electron chi connectivity index (χ3n) is 5.97. The Balaban J connectivity index is 1.54. The van der Waals surface area contributed by atoms with Crippen LogP contribution in [0.1, 0.15) is 33.4 Å². The second kappa shape index (κ2) is 11.7. The average Bonchev–Trinajstić information content (AvgIpc) is 3.42. The molecule has 1 aliphatic rings. The fourth-order valence-electron chi connectivity index (χ4n) is 4.25. The van der Waals surface area contributed by atoms with Crippen LogP contribution in [0, 0.1) is 5.92 Å². The van der Waals surface area contributed by atoms with Crippen molar-refractivity contribution in [3.8, 4) is 5.75 Å². The smallest absolute Gasteiger partial charge is 0.323 e. The second-order valence-electron chi connectivity index (χ2n) is 9.47. The fourth-order valence-corrected chi connectivity index (χ4v) is 6.66. The Morgan fingerprint density at radius 3 is 2.77 bits per heavy atom. The van der Waals surface area contributed by atoms with Crippen LogP contribution in [-0.4, -0.2) is 64.7 Å². The number of carbonyl (C=O) groups is 1. The fraction of sp³-hybridized carbons (Fsp3) is 0.500. The first-order valence-electron chi connectivity index (χ1n) is 12.4. The van der Waals surface area contributed by atoms with Gasteiger partial charge in [-0.3, -0.25) is 9.36 Å². The van der Waals surface area contributed by atoms with Crippen molar-refractivity contribution >= 4 is 47.3 Å². The molecule has 0 unspecified atom stereocenters. The Bertz CT molecular complexity index is 1360. The van der Waals surface area contributed by atoms with Crippen molar-refractivity contribution in [3.63, 3.8) is 0 Å². The number of nitrogens with two attached hydrogens (primary N) is 1. The number of nitrogens with one attached hydrogen (secondary N) is 1. The van der Waals surface area contributed by atoms with Gasteiger partial charge in [-0.25, -0.2) is 14.5 Å². The molecule has 15 heteroatoms. The number of rotatable bonds is 11. The molecule has 4 rings (SSSR count). The summed E-state index contributed by atoms with van der Waals surface area (Å²) < 4.78 is 40.6. The van der Waals surface area contributed by atoms with E-state index in [1.165, 1.54) is 6.33 Å². The molecule has 0 aliphatic carbocycles. The molecular formula is C24H33FN7O5PS. The van der Waals surface area contributed by atoms with E-state index in [9.17, 15) is 4.79 Å². The van der Waals surface area contributed by atoms with E-state index < -0.39 is 37.3 Å². The predicted molar refractivity (Wildman–Crippen MR) is 148 cm³/mol. The lowest BCUT2D eigenvalue weighted by Crippen LogP contribution is -2.37.